The Bertz CT molecular complexity index is 706. The third-order valence-corrected chi connectivity index (χ3v) is 4.91. The Hall–Kier alpha value is -2.01. The molecule has 0 bridgehead atoms. The van der Waals surface area contributed by atoms with Crippen LogP contribution in [0.3, 0.4) is 0 Å². The summed E-state index contributed by atoms with van der Waals surface area (Å²) in [5.74, 6) is 0.622. The summed E-state index contributed by atoms with van der Waals surface area (Å²) in [5, 5.41) is 3.91. The summed E-state index contributed by atoms with van der Waals surface area (Å²) >= 11 is 1.42. The second-order valence-corrected chi connectivity index (χ2v) is 6.19. The van der Waals surface area contributed by atoms with Crippen molar-refractivity contribution >= 4 is 33.0 Å². The SMILES string of the molecule is COc1cccc2sc(C(=O)NC3CC=CCC3)c(N)c12. The number of fused-ring (bicyclic) bond motifs is 1. The largest absolute Gasteiger partial charge is 0.496 e. The van der Waals surface area contributed by atoms with Crippen molar-refractivity contribution in [2.24, 2.45) is 0 Å². The van der Waals surface area contributed by atoms with Crippen molar-refractivity contribution in [3.8, 4) is 5.75 Å². The molecule has 2 aromatic rings. The van der Waals surface area contributed by atoms with Gasteiger partial charge in [-0.2, -0.15) is 0 Å². The molecule has 0 radical (unpaired) electrons. The van der Waals surface area contributed by atoms with Crippen molar-refractivity contribution in [2.45, 2.75) is 25.3 Å². The van der Waals surface area contributed by atoms with E-state index in [0.717, 1.165) is 29.3 Å². The molecule has 4 nitrogen and oxygen atoms in total. The van der Waals surface area contributed by atoms with E-state index in [1.54, 1.807) is 7.11 Å². The lowest BCUT2D eigenvalue weighted by Crippen LogP contribution is -2.35. The van der Waals surface area contributed by atoms with Crippen LogP contribution in [0.15, 0.2) is 30.4 Å². The highest BCUT2D eigenvalue weighted by molar-refractivity contribution is 7.21. The summed E-state index contributed by atoms with van der Waals surface area (Å²) in [6.45, 7) is 0. The average Bonchev–Trinajstić information content (AvgIpc) is 2.86. The van der Waals surface area contributed by atoms with E-state index in [1.807, 2.05) is 18.2 Å². The van der Waals surface area contributed by atoms with Crippen molar-refractivity contribution in [3.63, 3.8) is 0 Å². The van der Waals surface area contributed by atoms with Gasteiger partial charge in [0, 0.05) is 10.7 Å². The average molecular weight is 302 g/mol. The molecular formula is C16H18N2O2S. The van der Waals surface area contributed by atoms with Crippen molar-refractivity contribution in [1.29, 1.82) is 0 Å². The molecule has 1 atom stereocenters. The second-order valence-electron chi connectivity index (χ2n) is 5.13. The van der Waals surface area contributed by atoms with Gasteiger partial charge in [-0.25, -0.2) is 0 Å². The molecule has 21 heavy (non-hydrogen) atoms. The molecule has 0 spiro atoms. The number of rotatable bonds is 3. The Labute approximate surface area is 127 Å². The number of methoxy groups -OCH3 is 1. The van der Waals surface area contributed by atoms with Crippen LogP contribution in [0.2, 0.25) is 0 Å². The zero-order chi connectivity index (χ0) is 14.8. The van der Waals surface area contributed by atoms with Gasteiger partial charge in [-0.05, 0) is 31.4 Å². The summed E-state index contributed by atoms with van der Waals surface area (Å²) in [6, 6.07) is 5.93. The number of amides is 1. The summed E-state index contributed by atoms with van der Waals surface area (Å²) < 4.78 is 6.31. The first-order valence-electron chi connectivity index (χ1n) is 7.01. The highest BCUT2D eigenvalue weighted by atomic mass is 32.1. The van der Waals surface area contributed by atoms with E-state index in [4.69, 9.17) is 10.5 Å². The molecule has 3 rings (SSSR count). The van der Waals surface area contributed by atoms with Gasteiger partial charge in [0.1, 0.15) is 10.6 Å². The van der Waals surface area contributed by atoms with Gasteiger partial charge in [-0.3, -0.25) is 4.79 Å². The molecule has 1 unspecified atom stereocenters. The van der Waals surface area contributed by atoms with Gasteiger partial charge < -0.3 is 15.8 Å². The van der Waals surface area contributed by atoms with Crippen molar-refractivity contribution < 1.29 is 9.53 Å². The number of benzene rings is 1. The molecule has 110 valence electrons. The number of nitrogen functional groups attached to an aromatic ring is 1. The molecule has 0 aliphatic heterocycles. The van der Waals surface area contributed by atoms with E-state index in [1.165, 1.54) is 11.3 Å². The fourth-order valence-electron chi connectivity index (χ4n) is 2.65. The van der Waals surface area contributed by atoms with Gasteiger partial charge in [0.25, 0.3) is 5.91 Å². The maximum absolute atomic E-state index is 12.5. The van der Waals surface area contributed by atoms with Crippen molar-refractivity contribution in [3.05, 3.63) is 35.2 Å². The number of carbonyl (C=O) groups excluding carboxylic acids is 1. The number of nitrogens with one attached hydrogen (secondary N) is 1. The van der Waals surface area contributed by atoms with Gasteiger partial charge in [0.05, 0.1) is 18.2 Å². The lowest BCUT2D eigenvalue weighted by Gasteiger charge is -2.19. The number of thiophene rings is 1. The lowest BCUT2D eigenvalue weighted by atomic mass is 10.0. The Morgan fingerprint density at radius 1 is 1.43 bits per heavy atom. The Balaban J connectivity index is 1.91. The molecule has 0 saturated carbocycles. The van der Waals surface area contributed by atoms with Crippen LogP contribution in [0, 0.1) is 0 Å². The highest BCUT2D eigenvalue weighted by Gasteiger charge is 2.21. The third kappa shape index (κ3) is 2.61. The summed E-state index contributed by atoms with van der Waals surface area (Å²) in [5.41, 5.74) is 6.69. The van der Waals surface area contributed by atoms with Gasteiger partial charge >= 0.3 is 0 Å². The molecule has 3 N–H and O–H groups in total. The van der Waals surface area contributed by atoms with E-state index >= 15 is 0 Å². The van der Waals surface area contributed by atoms with Crippen molar-refractivity contribution in [1.82, 2.24) is 5.32 Å². The zero-order valence-corrected chi connectivity index (χ0v) is 12.7. The standard InChI is InChI=1S/C16H18N2O2S/c1-20-11-8-5-9-12-13(11)14(17)15(21-12)16(19)18-10-6-3-2-4-7-10/h2-3,5,8-10H,4,6-7,17H2,1H3,(H,18,19). The maximum atomic E-state index is 12.5. The maximum Gasteiger partial charge on any atom is 0.263 e. The predicted octanol–water partition coefficient (Wildman–Crippen LogP) is 3.33. The van der Waals surface area contributed by atoms with Gasteiger partial charge in [-0.15, -0.1) is 11.3 Å². The zero-order valence-electron chi connectivity index (χ0n) is 11.9. The molecule has 5 heteroatoms. The number of ether oxygens (including phenoxy) is 1. The van der Waals surface area contributed by atoms with Crippen LogP contribution in [0.4, 0.5) is 5.69 Å². The normalized spacial score (nSPS) is 17.9. The molecule has 0 fully saturated rings. The van der Waals surface area contributed by atoms with Crippen molar-refractivity contribution in [2.75, 3.05) is 12.8 Å². The summed E-state index contributed by atoms with van der Waals surface area (Å²) in [6.07, 6.45) is 7.16. The van der Waals surface area contributed by atoms with E-state index in [2.05, 4.69) is 17.5 Å². The van der Waals surface area contributed by atoms with E-state index in [-0.39, 0.29) is 11.9 Å². The lowest BCUT2D eigenvalue weighted by molar-refractivity contribution is 0.0939. The van der Waals surface area contributed by atoms with Crippen LogP contribution < -0.4 is 15.8 Å². The Morgan fingerprint density at radius 2 is 2.29 bits per heavy atom. The van der Waals surface area contributed by atoms with Crippen LogP contribution in [0.25, 0.3) is 10.1 Å². The summed E-state index contributed by atoms with van der Waals surface area (Å²) in [7, 11) is 1.61. The van der Waals surface area contributed by atoms with E-state index in [9.17, 15) is 4.79 Å². The van der Waals surface area contributed by atoms with Gasteiger partial charge in [0.15, 0.2) is 0 Å². The Morgan fingerprint density at radius 3 is 3.00 bits per heavy atom. The first-order chi connectivity index (χ1) is 10.2. The first-order valence-corrected chi connectivity index (χ1v) is 7.83. The number of carbonyl (C=O) groups is 1. The Kier molecular flexibility index (Phi) is 3.84. The monoisotopic (exact) mass is 302 g/mol. The molecule has 1 aromatic carbocycles. The summed E-state index contributed by atoms with van der Waals surface area (Å²) in [4.78, 5) is 13.0. The molecule has 1 aliphatic rings. The molecular weight excluding hydrogens is 284 g/mol. The fraction of sp³-hybridized carbons (Fsp3) is 0.312. The van der Waals surface area contributed by atoms with E-state index in [0.29, 0.717) is 16.3 Å². The second kappa shape index (κ2) is 5.77. The number of anilines is 1. The van der Waals surface area contributed by atoms with E-state index < -0.39 is 0 Å². The molecule has 1 aromatic heterocycles. The predicted molar refractivity (Wildman–Crippen MR) is 87.0 cm³/mol. The van der Waals surface area contributed by atoms with Crippen LogP contribution in [-0.4, -0.2) is 19.1 Å². The van der Waals surface area contributed by atoms with Gasteiger partial charge in [0.2, 0.25) is 0 Å². The smallest absolute Gasteiger partial charge is 0.263 e. The highest BCUT2D eigenvalue weighted by Crippen LogP contribution is 2.39. The van der Waals surface area contributed by atoms with Crippen LogP contribution in [0.5, 0.6) is 5.75 Å². The van der Waals surface area contributed by atoms with Crippen LogP contribution in [-0.2, 0) is 0 Å². The molecule has 1 amide bonds. The van der Waals surface area contributed by atoms with Crippen LogP contribution in [0.1, 0.15) is 28.9 Å². The minimum atomic E-state index is -0.0870. The number of hydrogen-bond donors (Lipinski definition) is 2. The minimum absolute atomic E-state index is 0.0870. The first kappa shape index (κ1) is 13.9. The topological polar surface area (TPSA) is 64.3 Å². The quantitative estimate of drug-likeness (QED) is 0.855. The third-order valence-electron chi connectivity index (χ3n) is 3.74. The van der Waals surface area contributed by atoms with Gasteiger partial charge in [-0.1, -0.05) is 18.2 Å². The number of nitrogens with two attached hydrogens (primary N) is 1. The minimum Gasteiger partial charge on any atom is -0.496 e. The number of hydrogen-bond acceptors (Lipinski definition) is 4. The number of allylic oxidation sites excluding steroid dienone is 1. The van der Waals surface area contributed by atoms with Crippen LogP contribution >= 0.6 is 11.3 Å². The molecule has 1 heterocycles. The molecule has 0 saturated heterocycles. The fourth-order valence-corrected chi connectivity index (χ4v) is 3.70. The molecule has 1 aliphatic carbocycles.